The van der Waals surface area contributed by atoms with Crippen molar-refractivity contribution in [2.75, 3.05) is 37.6 Å². The summed E-state index contributed by atoms with van der Waals surface area (Å²) >= 11 is 3.46. The lowest BCUT2D eigenvalue weighted by Gasteiger charge is -2.34. The molecular formula is C12H16BrN5. The monoisotopic (exact) mass is 309 g/mol. The van der Waals surface area contributed by atoms with Crippen LogP contribution in [0.4, 0.5) is 5.82 Å². The van der Waals surface area contributed by atoms with Crippen LogP contribution in [0, 0.1) is 0 Å². The molecule has 0 spiro atoms. The Morgan fingerprint density at radius 1 is 1.28 bits per heavy atom. The molecule has 3 rings (SSSR count). The second-order valence-corrected chi connectivity index (χ2v) is 5.28. The average Bonchev–Trinajstić information content (AvgIpc) is 2.86. The number of imidazole rings is 1. The summed E-state index contributed by atoms with van der Waals surface area (Å²) in [6.45, 7) is 7.55. The second-order valence-electron chi connectivity index (χ2n) is 4.47. The maximum Gasteiger partial charge on any atom is 0.180 e. The van der Waals surface area contributed by atoms with E-state index in [1.807, 2.05) is 23.0 Å². The molecule has 6 heteroatoms. The number of halogens is 1. The largest absolute Gasteiger partial charge is 0.351 e. The van der Waals surface area contributed by atoms with Gasteiger partial charge in [0.1, 0.15) is 4.60 Å². The number of piperazine rings is 1. The van der Waals surface area contributed by atoms with E-state index < -0.39 is 0 Å². The predicted octanol–water partition coefficient (Wildman–Crippen LogP) is 1.63. The summed E-state index contributed by atoms with van der Waals surface area (Å²) in [5.74, 6) is 0.977. The zero-order valence-corrected chi connectivity index (χ0v) is 12.0. The molecule has 2 aromatic rings. The minimum Gasteiger partial charge on any atom is -0.351 e. The number of hydrogen-bond acceptors (Lipinski definition) is 4. The van der Waals surface area contributed by atoms with Gasteiger partial charge in [0.05, 0.1) is 0 Å². The summed E-state index contributed by atoms with van der Waals surface area (Å²) in [6.07, 6.45) is 5.71. The first kappa shape index (κ1) is 11.9. The molecule has 1 aliphatic heterocycles. The van der Waals surface area contributed by atoms with Gasteiger partial charge in [-0.3, -0.25) is 0 Å². The fourth-order valence-electron chi connectivity index (χ4n) is 2.37. The molecule has 1 fully saturated rings. The molecule has 0 amide bonds. The lowest BCUT2D eigenvalue weighted by molar-refractivity contribution is 0.270. The van der Waals surface area contributed by atoms with Crippen molar-refractivity contribution >= 4 is 27.4 Å². The number of anilines is 1. The smallest absolute Gasteiger partial charge is 0.180 e. The van der Waals surface area contributed by atoms with Gasteiger partial charge in [-0.1, -0.05) is 6.92 Å². The summed E-state index contributed by atoms with van der Waals surface area (Å²) < 4.78 is 2.86. The fraction of sp³-hybridized carbons (Fsp3) is 0.500. The summed E-state index contributed by atoms with van der Waals surface area (Å²) in [7, 11) is 0. The molecule has 5 nitrogen and oxygen atoms in total. The van der Waals surface area contributed by atoms with Crippen LogP contribution in [-0.2, 0) is 0 Å². The number of fused-ring (bicyclic) bond motifs is 1. The van der Waals surface area contributed by atoms with Crippen molar-refractivity contribution in [2.45, 2.75) is 6.92 Å². The molecule has 0 aliphatic carbocycles. The fourth-order valence-corrected chi connectivity index (χ4v) is 2.76. The summed E-state index contributed by atoms with van der Waals surface area (Å²) in [5.41, 5.74) is 0.933. The standard InChI is InChI=1S/C12H16BrN5/c1-2-16-5-7-17(8-6-16)12-11-14-3-4-18(11)9-10(13)15-12/h3-4,9H,2,5-8H2,1H3. The van der Waals surface area contributed by atoms with E-state index in [0.29, 0.717) is 0 Å². The minimum atomic E-state index is 0.848. The van der Waals surface area contributed by atoms with E-state index in [2.05, 4.69) is 42.6 Å². The molecule has 3 heterocycles. The van der Waals surface area contributed by atoms with Crippen LogP contribution in [0.25, 0.3) is 5.65 Å². The first-order valence-corrected chi connectivity index (χ1v) is 7.03. The highest BCUT2D eigenvalue weighted by Gasteiger charge is 2.20. The molecule has 96 valence electrons. The summed E-state index contributed by atoms with van der Waals surface area (Å²) in [5, 5.41) is 0. The zero-order chi connectivity index (χ0) is 12.5. The maximum absolute atomic E-state index is 4.59. The Labute approximate surface area is 115 Å². The van der Waals surface area contributed by atoms with Gasteiger partial charge in [0.15, 0.2) is 11.5 Å². The SMILES string of the molecule is CCN1CCN(c2nc(Br)cn3ccnc23)CC1. The third-order valence-electron chi connectivity index (χ3n) is 3.45. The topological polar surface area (TPSA) is 36.7 Å². The molecule has 0 aromatic carbocycles. The third-order valence-corrected chi connectivity index (χ3v) is 3.83. The summed E-state index contributed by atoms with van der Waals surface area (Å²) in [6, 6.07) is 0. The van der Waals surface area contributed by atoms with Gasteiger partial charge < -0.3 is 14.2 Å². The van der Waals surface area contributed by atoms with Gasteiger partial charge in [-0.05, 0) is 22.5 Å². The van der Waals surface area contributed by atoms with E-state index in [1.54, 1.807) is 0 Å². The van der Waals surface area contributed by atoms with Gasteiger partial charge >= 0.3 is 0 Å². The van der Waals surface area contributed by atoms with Gasteiger partial charge in [-0.25, -0.2) is 9.97 Å². The average molecular weight is 310 g/mol. The Hall–Kier alpha value is -1.14. The molecule has 0 saturated carbocycles. The van der Waals surface area contributed by atoms with Crippen LogP contribution in [0.15, 0.2) is 23.2 Å². The Morgan fingerprint density at radius 3 is 2.78 bits per heavy atom. The van der Waals surface area contributed by atoms with Crippen molar-refractivity contribution in [1.29, 1.82) is 0 Å². The highest BCUT2D eigenvalue weighted by Crippen LogP contribution is 2.22. The highest BCUT2D eigenvalue weighted by atomic mass is 79.9. The maximum atomic E-state index is 4.59. The van der Waals surface area contributed by atoms with Crippen molar-refractivity contribution in [1.82, 2.24) is 19.3 Å². The number of likely N-dealkylation sites (N-methyl/N-ethyl adjacent to an activating group) is 1. The third kappa shape index (κ3) is 2.10. The molecule has 0 bridgehead atoms. The first-order chi connectivity index (χ1) is 8.78. The molecule has 0 radical (unpaired) electrons. The molecule has 1 aliphatic rings. The van der Waals surface area contributed by atoms with Gasteiger partial charge in [-0.2, -0.15) is 0 Å². The Kier molecular flexibility index (Phi) is 3.22. The molecule has 1 saturated heterocycles. The quantitative estimate of drug-likeness (QED) is 0.845. The second kappa shape index (κ2) is 4.85. The van der Waals surface area contributed by atoms with Crippen molar-refractivity contribution in [2.24, 2.45) is 0 Å². The van der Waals surface area contributed by atoms with Gasteiger partial charge in [0.25, 0.3) is 0 Å². The van der Waals surface area contributed by atoms with Crippen LogP contribution in [0.1, 0.15) is 6.92 Å². The Bertz CT molecular complexity index is 544. The van der Waals surface area contributed by atoms with Crippen LogP contribution in [0.3, 0.4) is 0 Å². The highest BCUT2D eigenvalue weighted by molar-refractivity contribution is 9.10. The Balaban J connectivity index is 1.92. The molecule has 0 unspecified atom stereocenters. The van der Waals surface area contributed by atoms with Crippen molar-refractivity contribution in [3.63, 3.8) is 0 Å². The van der Waals surface area contributed by atoms with Gasteiger partial charge in [0.2, 0.25) is 0 Å². The van der Waals surface area contributed by atoms with E-state index in [-0.39, 0.29) is 0 Å². The zero-order valence-electron chi connectivity index (χ0n) is 10.4. The van der Waals surface area contributed by atoms with Crippen LogP contribution in [0.2, 0.25) is 0 Å². The predicted molar refractivity (Wildman–Crippen MR) is 75.0 cm³/mol. The van der Waals surface area contributed by atoms with E-state index in [9.17, 15) is 0 Å². The molecule has 0 atom stereocenters. The van der Waals surface area contributed by atoms with Crippen molar-refractivity contribution < 1.29 is 0 Å². The van der Waals surface area contributed by atoms with E-state index in [0.717, 1.165) is 48.8 Å². The van der Waals surface area contributed by atoms with Gasteiger partial charge in [-0.15, -0.1) is 0 Å². The molecule has 0 N–H and O–H groups in total. The number of hydrogen-bond donors (Lipinski definition) is 0. The molecule has 2 aromatic heterocycles. The van der Waals surface area contributed by atoms with Crippen molar-refractivity contribution in [3.05, 3.63) is 23.2 Å². The number of aromatic nitrogens is 3. The lowest BCUT2D eigenvalue weighted by atomic mass is 10.3. The van der Waals surface area contributed by atoms with E-state index in [1.165, 1.54) is 0 Å². The first-order valence-electron chi connectivity index (χ1n) is 6.24. The number of rotatable bonds is 2. The van der Waals surface area contributed by atoms with Crippen LogP contribution < -0.4 is 4.90 Å². The minimum absolute atomic E-state index is 0.848. The Morgan fingerprint density at radius 2 is 2.06 bits per heavy atom. The van der Waals surface area contributed by atoms with Crippen molar-refractivity contribution in [3.8, 4) is 0 Å². The van der Waals surface area contributed by atoms with Crippen LogP contribution >= 0.6 is 15.9 Å². The molecule has 18 heavy (non-hydrogen) atoms. The van der Waals surface area contributed by atoms with E-state index >= 15 is 0 Å². The normalized spacial score (nSPS) is 17.6. The van der Waals surface area contributed by atoms with Gasteiger partial charge in [0, 0.05) is 44.8 Å². The summed E-state index contributed by atoms with van der Waals surface area (Å²) in [4.78, 5) is 13.8. The van der Waals surface area contributed by atoms with E-state index in [4.69, 9.17) is 0 Å². The van der Waals surface area contributed by atoms with Crippen LogP contribution in [0.5, 0.6) is 0 Å². The number of nitrogens with zero attached hydrogens (tertiary/aromatic N) is 5. The molecular weight excluding hydrogens is 294 g/mol. The van der Waals surface area contributed by atoms with Crippen LogP contribution in [-0.4, -0.2) is 52.0 Å². The lowest BCUT2D eigenvalue weighted by Crippen LogP contribution is -2.46.